The molecule has 1 atom stereocenters. The Bertz CT molecular complexity index is 634. The minimum Gasteiger partial charge on any atom is -0.388 e. The van der Waals surface area contributed by atoms with Gasteiger partial charge in [0, 0.05) is 10.0 Å². The summed E-state index contributed by atoms with van der Waals surface area (Å²) >= 11 is 9.18. The maximum absolute atomic E-state index is 14.0. The van der Waals surface area contributed by atoms with Crippen molar-refractivity contribution in [1.82, 2.24) is 0 Å². The molecule has 2 aromatic rings. The number of hydrogen-bond donors (Lipinski definition) is 1. The van der Waals surface area contributed by atoms with Crippen LogP contribution in [-0.2, 0) is 12.8 Å². The van der Waals surface area contributed by atoms with Crippen LogP contribution in [0.3, 0.4) is 0 Å². The summed E-state index contributed by atoms with van der Waals surface area (Å²) in [6, 6.07) is 10.9. The van der Waals surface area contributed by atoms with Crippen molar-refractivity contribution < 1.29 is 9.50 Å². The Morgan fingerprint density at radius 3 is 2.40 bits per heavy atom. The Morgan fingerprint density at radius 2 is 1.80 bits per heavy atom. The van der Waals surface area contributed by atoms with Gasteiger partial charge in [-0.05, 0) is 57.9 Å². The fraction of sp³-hybridized carbons (Fsp3) is 0.250. The summed E-state index contributed by atoms with van der Waals surface area (Å²) in [5.41, 5.74) is 2.75. The van der Waals surface area contributed by atoms with Crippen LogP contribution in [0.4, 0.5) is 4.39 Å². The molecule has 0 bridgehead atoms. The van der Waals surface area contributed by atoms with Gasteiger partial charge in [-0.1, -0.05) is 35.9 Å². The average molecular weight is 356 g/mol. The first-order valence-corrected chi connectivity index (χ1v) is 7.62. The number of fused-ring (bicyclic) bond motifs is 1. The van der Waals surface area contributed by atoms with Crippen molar-refractivity contribution in [3.05, 3.63) is 68.4 Å². The standard InChI is InChI=1S/C16H13BrClFO/c17-13-8-15(19)12(7-14(13)18)16(20)11-5-9-3-1-2-4-10(9)6-11/h1-4,7-8,11,16,20H,5-6H2. The summed E-state index contributed by atoms with van der Waals surface area (Å²) in [6.45, 7) is 0. The van der Waals surface area contributed by atoms with E-state index in [1.807, 2.05) is 12.1 Å². The molecule has 1 aliphatic rings. The highest BCUT2D eigenvalue weighted by atomic mass is 79.9. The van der Waals surface area contributed by atoms with Gasteiger partial charge in [-0.2, -0.15) is 0 Å². The molecule has 0 saturated heterocycles. The van der Waals surface area contributed by atoms with Crippen molar-refractivity contribution in [1.29, 1.82) is 0 Å². The molecule has 0 saturated carbocycles. The predicted molar refractivity (Wildman–Crippen MR) is 81.4 cm³/mol. The third-order valence-corrected chi connectivity index (χ3v) is 5.08. The van der Waals surface area contributed by atoms with E-state index in [9.17, 15) is 9.50 Å². The van der Waals surface area contributed by atoms with Gasteiger partial charge in [0.1, 0.15) is 5.82 Å². The molecule has 0 spiro atoms. The van der Waals surface area contributed by atoms with Crippen LogP contribution in [0.2, 0.25) is 5.02 Å². The highest BCUT2D eigenvalue weighted by molar-refractivity contribution is 9.10. The second-order valence-electron chi connectivity index (χ2n) is 5.17. The molecule has 0 amide bonds. The van der Waals surface area contributed by atoms with Crippen molar-refractivity contribution in [2.24, 2.45) is 5.92 Å². The lowest BCUT2D eigenvalue weighted by molar-refractivity contribution is 0.109. The largest absolute Gasteiger partial charge is 0.388 e. The molecule has 1 N–H and O–H groups in total. The molecule has 20 heavy (non-hydrogen) atoms. The molecule has 104 valence electrons. The molecule has 0 fully saturated rings. The minimum absolute atomic E-state index is 0.000794. The van der Waals surface area contributed by atoms with Crippen LogP contribution in [-0.4, -0.2) is 5.11 Å². The molecule has 3 rings (SSSR count). The van der Waals surface area contributed by atoms with Gasteiger partial charge in [0.15, 0.2) is 0 Å². The summed E-state index contributed by atoms with van der Waals surface area (Å²) in [4.78, 5) is 0. The number of benzene rings is 2. The van der Waals surface area contributed by atoms with Gasteiger partial charge in [0.2, 0.25) is 0 Å². The fourth-order valence-corrected chi connectivity index (χ4v) is 3.32. The lowest BCUT2D eigenvalue weighted by atomic mass is 9.93. The molecule has 0 heterocycles. The molecule has 1 aliphatic carbocycles. The molecule has 1 nitrogen and oxygen atoms in total. The number of aliphatic hydroxyl groups is 1. The van der Waals surface area contributed by atoms with E-state index in [1.165, 1.54) is 23.3 Å². The number of hydrogen-bond acceptors (Lipinski definition) is 1. The second kappa shape index (κ2) is 5.47. The smallest absolute Gasteiger partial charge is 0.130 e. The molecule has 2 aromatic carbocycles. The molecular weight excluding hydrogens is 343 g/mol. The fourth-order valence-electron chi connectivity index (χ4n) is 2.83. The topological polar surface area (TPSA) is 20.2 Å². The zero-order chi connectivity index (χ0) is 14.3. The first kappa shape index (κ1) is 14.1. The van der Waals surface area contributed by atoms with E-state index in [4.69, 9.17) is 11.6 Å². The van der Waals surface area contributed by atoms with Crippen molar-refractivity contribution in [3.63, 3.8) is 0 Å². The van der Waals surface area contributed by atoms with E-state index >= 15 is 0 Å². The summed E-state index contributed by atoms with van der Waals surface area (Å²) < 4.78 is 14.5. The number of rotatable bonds is 2. The zero-order valence-electron chi connectivity index (χ0n) is 10.6. The van der Waals surface area contributed by atoms with Gasteiger partial charge in [-0.25, -0.2) is 4.39 Å². The summed E-state index contributed by atoms with van der Waals surface area (Å²) in [6.07, 6.45) is 0.697. The third-order valence-electron chi connectivity index (χ3n) is 3.89. The van der Waals surface area contributed by atoms with Crippen LogP contribution in [0, 0.1) is 11.7 Å². The quantitative estimate of drug-likeness (QED) is 0.775. The molecule has 0 aliphatic heterocycles. The van der Waals surface area contributed by atoms with Crippen LogP contribution in [0.1, 0.15) is 22.8 Å². The van der Waals surface area contributed by atoms with Gasteiger partial charge in [-0.3, -0.25) is 0 Å². The van der Waals surface area contributed by atoms with Gasteiger partial charge in [0.05, 0.1) is 11.1 Å². The summed E-state index contributed by atoms with van der Waals surface area (Å²) in [5, 5.41) is 10.9. The number of aliphatic hydroxyl groups excluding tert-OH is 1. The van der Waals surface area contributed by atoms with Crippen molar-refractivity contribution in [3.8, 4) is 0 Å². The van der Waals surface area contributed by atoms with E-state index in [0.29, 0.717) is 9.50 Å². The Kier molecular flexibility index (Phi) is 3.85. The minimum atomic E-state index is -0.840. The molecule has 0 radical (unpaired) electrons. The average Bonchev–Trinajstić information content (AvgIpc) is 2.86. The zero-order valence-corrected chi connectivity index (χ0v) is 13.0. The van der Waals surface area contributed by atoms with Gasteiger partial charge < -0.3 is 5.11 Å². The van der Waals surface area contributed by atoms with E-state index in [0.717, 1.165) is 12.8 Å². The highest BCUT2D eigenvalue weighted by Gasteiger charge is 2.30. The second-order valence-corrected chi connectivity index (χ2v) is 6.43. The Morgan fingerprint density at radius 1 is 1.20 bits per heavy atom. The highest BCUT2D eigenvalue weighted by Crippen LogP contribution is 2.38. The van der Waals surface area contributed by atoms with E-state index in [2.05, 4.69) is 28.1 Å². The molecule has 4 heteroatoms. The lowest BCUT2D eigenvalue weighted by Crippen LogP contribution is -2.14. The molecule has 1 unspecified atom stereocenters. The summed E-state index contributed by atoms with van der Waals surface area (Å²) in [7, 11) is 0. The number of halogens is 3. The van der Waals surface area contributed by atoms with E-state index in [-0.39, 0.29) is 11.5 Å². The van der Waals surface area contributed by atoms with Crippen LogP contribution < -0.4 is 0 Å². The van der Waals surface area contributed by atoms with Crippen LogP contribution in [0.15, 0.2) is 40.9 Å². The van der Waals surface area contributed by atoms with Crippen LogP contribution in [0.25, 0.3) is 0 Å². The van der Waals surface area contributed by atoms with Crippen LogP contribution >= 0.6 is 27.5 Å². The SMILES string of the molecule is OC(c1cc(Cl)c(Br)cc1F)C1Cc2ccccc2C1. The van der Waals surface area contributed by atoms with Gasteiger partial charge in [-0.15, -0.1) is 0 Å². The maximum Gasteiger partial charge on any atom is 0.130 e. The Hall–Kier alpha value is -0.900. The maximum atomic E-state index is 14.0. The van der Waals surface area contributed by atoms with Crippen LogP contribution in [0.5, 0.6) is 0 Å². The lowest BCUT2D eigenvalue weighted by Gasteiger charge is -2.19. The van der Waals surface area contributed by atoms with E-state index in [1.54, 1.807) is 0 Å². The predicted octanol–water partition coefficient (Wildman–Crippen LogP) is 4.69. The Balaban J connectivity index is 1.88. The van der Waals surface area contributed by atoms with Crippen molar-refractivity contribution in [2.45, 2.75) is 18.9 Å². The third kappa shape index (κ3) is 2.50. The Labute approximate surface area is 130 Å². The van der Waals surface area contributed by atoms with Gasteiger partial charge in [0.25, 0.3) is 0 Å². The van der Waals surface area contributed by atoms with Crippen molar-refractivity contribution in [2.75, 3.05) is 0 Å². The summed E-state index contributed by atoms with van der Waals surface area (Å²) in [5.74, 6) is -0.427. The first-order valence-electron chi connectivity index (χ1n) is 6.45. The monoisotopic (exact) mass is 354 g/mol. The molecular formula is C16H13BrClFO. The van der Waals surface area contributed by atoms with Gasteiger partial charge >= 0.3 is 0 Å². The molecule has 0 aromatic heterocycles. The van der Waals surface area contributed by atoms with E-state index < -0.39 is 11.9 Å². The van der Waals surface area contributed by atoms with Crippen molar-refractivity contribution >= 4 is 27.5 Å². The first-order chi connectivity index (χ1) is 9.56. The normalized spacial score (nSPS) is 16.2.